The van der Waals surface area contributed by atoms with Crippen molar-refractivity contribution in [3.8, 4) is 0 Å². The first-order valence-corrected chi connectivity index (χ1v) is 11.0. The third-order valence-corrected chi connectivity index (χ3v) is 7.27. The van der Waals surface area contributed by atoms with Gasteiger partial charge in [0.15, 0.2) is 11.2 Å². The van der Waals surface area contributed by atoms with Gasteiger partial charge in [-0.15, -0.1) is 0 Å². The van der Waals surface area contributed by atoms with Crippen LogP contribution in [0, 0.1) is 0 Å². The van der Waals surface area contributed by atoms with Gasteiger partial charge in [0.05, 0.1) is 18.9 Å². The van der Waals surface area contributed by atoms with E-state index in [9.17, 15) is 9.59 Å². The van der Waals surface area contributed by atoms with Crippen LogP contribution in [-0.2, 0) is 20.7 Å². The van der Waals surface area contributed by atoms with Crippen LogP contribution in [0.15, 0.2) is 36.4 Å². The Hall–Kier alpha value is -2.97. The van der Waals surface area contributed by atoms with Crippen molar-refractivity contribution >= 4 is 50.8 Å². The monoisotopic (exact) mass is 434 g/mol. The minimum Gasteiger partial charge on any atom is -0.378 e. The van der Waals surface area contributed by atoms with Gasteiger partial charge < -0.3 is 19.5 Å². The molecule has 0 aliphatic carbocycles. The minimum atomic E-state index is -0.639. The zero-order valence-corrected chi connectivity index (χ0v) is 17.9. The maximum atomic E-state index is 13.8. The van der Waals surface area contributed by atoms with E-state index in [-0.39, 0.29) is 11.8 Å². The molecule has 31 heavy (non-hydrogen) atoms. The lowest BCUT2D eigenvalue weighted by Gasteiger charge is -2.39. The van der Waals surface area contributed by atoms with Gasteiger partial charge in [-0.25, -0.2) is 0 Å². The maximum Gasteiger partial charge on any atom is 0.251 e. The van der Waals surface area contributed by atoms with Crippen molar-refractivity contribution in [3.63, 3.8) is 0 Å². The number of ether oxygens (including phenoxy) is 1. The summed E-state index contributed by atoms with van der Waals surface area (Å²) in [5.74, 6) is -0.0828. The molecule has 0 bridgehead atoms. The van der Waals surface area contributed by atoms with Crippen molar-refractivity contribution in [1.29, 1.82) is 0 Å². The molecule has 158 valence electrons. The van der Waals surface area contributed by atoms with Gasteiger partial charge in [-0.1, -0.05) is 30.3 Å². The van der Waals surface area contributed by atoms with Crippen LogP contribution in [-0.4, -0.2) is 76.0 Å². The van der Waals surface area contributed by atoms with Crippen LogP contribution in [0.1, 0.15) is 17.3 Å². The summed E-state index contributed by atoms with van der Waals surface area (Å²) in [7, 11) is 1.70. The molecule has 2 unspecified atom stereocenters. The fourth-order valence-corrected chi connectivity index (χ4v) is 5.57. The van der Waals surface area contributed by atoms with Gasteiger partial charge in [0.25, 0.3) is 11.8 Å². The van der Waals surface area contributed by atoms with E-state index in [2.05, 4.69) is 29.2 Å². The Kier molecular flexibility index (Phi) is 4.10. The van der Waals surface area contributed by atoms with Crippen LogP contribution in [0.25, 0.3) is 21.7 Å². The van der Waals surface area contributed by atoms with Gasteiger partial charge in [0.1, 0.15) is 6.04 Å². The number of likely N-dealkylation sites (N-methyl/N-ethyl adjacent to an activating group) is 1. The van der Waals surface area contributed by atoms with Crippen molar-refractivity contribution in [1.82, 2.24) is 19.7 Å². The molecular formula is C23H22N4O3S. The number of carbonyl (C=O) groups excluding carboxylic acids is 2. The Bertz CT molecular complexity index is 1260. The smallest absolute Gasteiger partial charge is 0.251 e. The summed E-state index contributed by atoms with van der Waals surface area (Å²) in [6.45, 7) is 2.14. The van der Waals surface area contributed by atoms with Crippen LogP contribution < -0.4 is 0 Å². The van der Waals surface area contributed by atoms with Crippen LogP contribution in [0.2, 0.25) is 0 Å². The topological polar surface area (TPSA) is 68.9 Å². The molecule has 2 amide bonds. The van der Waals surface area contributed by atoms with E-state index in [1.165, 1.54) is 4.90 Å². The third-order valence-electron chi connectivity index (χ3n) is 6.79. The van der Waals surface area contributed by atoms with Crippen molar-refractivity contribution in [2.75, 3.05) is 33.4 Å². The molecule has 6 rings (SSSR count). The number of H-pyrrole nitrogens is 1. The average molecular weight is 435 g/mol. The molecule has 7 nitrogen and oxygen atoms in total. The SMILES string of the molecule is CN1C(=O)C2Cc3c([nH]c4ccc5ccccc5c34)C(C(=O)N3CCOCC3)N2C1=S. The van der Waals surface area contributed by atoms with Crippen molar-refractivity contribution in [2.45, 2.75) is 18.5 Å². The van der Waals surface area contributed by atoms with E-state index in [0.29, 0.717) is 37.8 Å². The normalized spacial score (nSPS) is 23.6. The highest BCUT2D eigenvalue weighted by Crippen LogP contribution is 2.43. The van der Waals surface area contributed by atoms with E-state index in [0.717, 1.165) is 32.9 Å². The molecule has 4 heterocycles. The Morgan fingerprint density at radius 2 is 1.94 bits per heavy atom. The lowest BCUT2D eigenvalue weighted by molar-refractivity contribution is -0.141. The first kappa shape index (κ1) is 18.8. The largest absolute Gasteiger partial charge is 0.378 e. The zero-order chi connectivity index (χ0) is 21.3. The average Bonchev–Trinajstić information content (AvgIpc) is 3.29. The lowest BCUT2D eigenvalue weighted by atomic mass is 9.90. The van der Waals surface area contributed by atoms with Crippen molar-refractivity contribution < 1.29 is 14.3 Å². The lowest BCUT2D eigenvalue weighted by Crippen LogP contribution is -2.52. The number of rotatable bonds is 1. The fraction of sp³-hybridized carbons (Fsp3) is 0.348. The first-order chi connectivity index (χ1) is 15.1. The molecule has 2 atom stereocenters. The summed E-state index contributed by atoms with van der Waals surface area (Å²) >= 11 is 5.62. The van der Waals surface area contributed by atoms with Gasteiger partial charge >= 0.3 is 0 Å². The number of carbonyl (C=O) groups is 2. The molecule has 2 saturated heterocycles. The molecule has 1 N–H and O–H groups in total. The highest BCUT2D eigenvalue weighted by molar-refractivity contribution is 7.80. The number of hydrogen-bond acceptors (Lipinski definition) is 4. The number of fused-ring (bicyclic) bond motifs is 6. The van der Waals surface area contributed by atoms with E-state index < -0.39 is 12.1 Å². The molecule has 3 aromatic rings. The van der Waals surface area contributed by atoms with E-state index in [1.54, 1.807) is 7.05 Å². The molecule has 0 radical (unpaired) electrons. The summed E-state index contributed by atoms with van der Waals surface area (Å²) in [4.78, 5) is 35.6. The van der Waals surface area contributed by atoms with E-state index in [1.807, 2.05) is 21.9 Å². The molecule has 2 fully saturated rings. The molecule has 0 spiro atoms. The number of nitrogens with one attached hydrogen (secondary N) is 1. The number of aromatic amines is 1. The predicted molar refractivity (Wildman–Crippen MR) is 121 cm³/mol. The van der Waals surface area contributed by atoms with Gasteiger partial charge in [-0.2, -0.15) is 0 Å². The van der Waals surface area contributed by atoms with Crippen LogP contribution >= 0.6 is 12.2 Å². The summed E-state index contributed by atoms with van der Waals surface area (Å²) in [5, 5.41) is 3.78. The fourth-order valence-electron chi connectivity index (χ4n) is 5.25. The Balaban J connectivity index is 1.58. The third kappa shape index (κ3) is 2.58. The number of nitrogens with zero attached hydrogens (tertiary/aromatic N) is 3. The second-order valence-corrected chi connectivity index (χ2v) is 8.74. The molecule has 1 aromatic heterocycles. The van der Waals surface area contributed by atoms with E-state index >= 15 is 0 Å². The standard InChI is InChI=1S/C23H22N4O3S/c1-25-21(28)17-12-15-18-14-5-3-2-4-13(14)6-7-16(18)24-19(15)20(27(17)23(25)31)22(29)26-8-10-30-11-9-26/h2-7,17,20,24H,8-12H2,1H3. The molecule has 3 aliphatic rings. The molecule has 8 heteroatoms. The molecule has 0 saturated carbocycles. The number of aromatic nitrogens is 1. The Labute approximate surface area is 184 Å². The second-order valence-electron chi connectivity index (χ2n) is 8.37. The van der Waals surface area contributed by atoms with Gasteiger partial charge in [-0.3, -0.25) is 14.5 Å². The Morgan fingerprint density at radius 1 is 1.16 bits per heavy atom. The van der Waals surface area contributed by atoms with Gasteiger partial charge in [0.2, 0.25) is 0 Å². The van der Waals surface area contributed by atoms with Gasteiger partial charge in [-0.05, 0) is 34.6 Å². The number of thiocarbonyl (C=S) groups is 1. The summed E-state index contributed by atoms with van der Waals surface area (Å²) < 4.78 is 5.44. The maximum absolute atomic E-state index is 13.8. The molecule has 2 aromatic carbocycles. The Morgan fingerprint density at radius 3 is 2.74 bits per heavy atom. The number of benzene rings is 2. The molecule has 3 aliphatic heterocycles. The number of morpholine rings is 1. The first-order valence-electron chi connectivity index (χ1n) is 10.5. The zero-order valence-electron chi connectivity index (χ0n) is 17.1. The van der Waals surface area contributed by atoms with Crippen LogP contribution in [0.3, 0.4) is 0 Å². The predicted octanol–water partition coefficient (Wildman–Crippen LogP) is 2.20. The minimum absolute atomic E-state index is 0.0319. The summed E-state index contributed by atoms with van der Waals surface area (Å²) in [5.41, 5.74) is 2.88. The highest BCUT2D eigenvalue weighted by Gasteiger charge is 2.52. The van der Waals surface area contributed by atoms with Crippen molar-refractivity contribution in [2.24, 2.45) is 0 Å². The number of hydrogen-bond donors (Lipinski definition) is 1. The van der Waals surface area contributed by atoms with Gasteiger partial charge in [0, 0.05) is 37.5 Å². The summed E-state index contributed by atoms with van der Waals surface area (Å²) in [6.07, 6.45) is 0.527. The number of amides is 2. The molecular weight excluding hydrogens is 412 g/mol. The highest BCUT2D eigenvalue weighted by atomic mass is 32.1. The van der Waals surface area contributed by atoms with Crippen LogP contribution in [0.5, 0.6) is 0 Å². The van der Waals surface area contributed by atoms with Crippen molar-refractivity contribution in [3.05, 3.63) is 47.7 Å². The quantitative estimate of drug-likeness (QED) is 0.595. The second kappa shape index (κ2) is 6.77. The van der Waals surface area contributed by atoms with Crippen LogP contribution in [0.4, 0.5) is 0 Å². The summed E-state index contributed by atoms with van der Waals surface area (Å²) in [6, 6.07) is 11.3. The van der Waals surface area contributed by atoms with E-state index in [4.69, 9.17) is 17.0 Å².